The molecular formula is C18H26NO+. The summed E-state index contributed by atoms with van der Waals surface area (Å²) in [6.45, 7) is 12.6. The molecule has 2 atom stereocenters. The fraction of sp³-hybridized carbons (Fsp3) is 0.611. The van der Waals surface area contributed by atoms with Gasteiger partial charge in [-0.1, -0.05) is 24.3 Å². The minimum Gasteiger partial charge on any atom is -0.433 e. The van der Waals surface area contributed by atoms with Crippen LogP contribution in [0.5, 0.6) is 0 Å². The Labute approximate surface area is 125 Å². The van der Waals surface area contributed by atoms with Gasteiger partial charge < -0.3 is 4.74 Å². The lowest BCUT2D eigenvalue weighted by molar-refractivity contribution is -0.639. The van der Waals surface area contributed by atoms with Gasteiger partial charge >= 0.3 is 5.90 Å². The van der Waals surface area contributed by atoms with Crippen molar-refractivity contribution in [3.63, 3.8) is 0 Å². The van der Waals surface area contributed by atoms with Crippen molar-refractivity contribution in [2.75, 3.05) is 0 Å². The van der Waals surface area contributed by atoms with Crippen LogP contribution in [-0.2, 0) is 16.6 Å². The Morgan fingerprint density at radius 1 is 1.20 bits per heavy atom. The van der Waals surface area contributed by atoms with Gasteiger partial charge in [0.05, 0.1) is 5.92 Å². The molecule has 0 spiro atoms. The summed E-state index contributed by atoms with van der Waals surface area (Å²) >= 11 is 0. The van der Waals surface area contributed by atoms with Crippen LogP contribution in [0, 0.1) is 5.92 Å². The Hall–Kier alpha value is -1.31. The predicted molar refractivity (Wildman–Crippen MR) is 82.2 cm³/mol. The van der Waals surface area contributed by atoms with Crippen LogP contribution in [0.3, 0.4) is 0 Å². The maximum atomic E-state index is 8.78. The smallest absolute Gasteiger partial charge is 0.340 e. The molecule has 1 aromatic carbocycles. The molecule has 0 N–H and O–H groups in total. The minimum absolute atomic E-state index is 0.226. The predicted octanol–water partition coefficient (Wildman–Crippen LogP) is 3.72. The van der Waals surface area contributed by atoms with Crippen molar-refractivity contribution >= 4 is 5.90 Å². The van der Waals surface area contributed by atoms with Gasteiger partial charge in [-0.2, -0.15) is 4.58 Å². The van der Waals surface area contributed by atoms with Gasteiger partial charge in [-0.25, -0.2) is 0 Å². The van der Waals surface area contributed by atoms with Gasteiger partial charge in [0.1, 0.15) is 0 Å². The van der Waals surface area contributed by atoms with E-state index in [0.29, 0.717) is 0 Å². The normalized spacial score (nSPS) is 35.8. The Morgan fingerprint density at radius 3 is 2.45 bits per heavy atom. The third kappa shape index (κ3) is 1.48. The van der Waals surface area contributed by atoms with E-state index in [9.17, 15) is 0 Å². The third-order valence-electron chi connectivity index (χ3n) is 4.79. The number of hydrogen-bond acceptors (Lipinski definition) is 1. The zero-order chi connectivity index (χ0) is 16.5. The molecule has 0 unspecified atom stereocenters. The molecule has 2 aliphatic rings. The maximum Gasteiger partial charge on any atom is 0.340 e. The molecule has 0 bridgehead atoms. The van der Waals surface area contributed by atoms with Crippen LogP contribution < -0.4 is 0 Å². The summed E-state index contributed by atoms with van der Waals surface area (Å²) in [5, 5.41) is 0. The lowest BCUT2D eigenvalue weighted by atomic mass is 9.82. The van der Waals surface area contributed by atoms with Crippen molar-refractivity contribution in [2.45, 2.75) is 65.1 Å². The summed E-state index contributed by atoms with van der Waals surface area (Å²) in [7, 11) is 0. The van der Waals surface area contributed by atoms with Gasteiger partial charge in [0.25, 0.3) is 0 Å². The first-order chi connectivity index (χ1) is 10.1. The molecule has 0 amide bonds. The largest absolute Gasteiger partial charge is 0.433 e. The molecule has 0 radical (unpaired) electrons. The second-order valence-corrected chi connectivity index (χ2v) is 6.83. The van der Waals surface area contributed by atoms with E-state index in [1.807, 2.05) is 25.1 Å². The van der Waals surface area contributed by atoms with Gasteiger partial charge in [-0.3, -0.25) is 0 Å². The Bertz CT molecular complexity index is 665. The zero-order valence-electron chi connectivity index (χ0n) is 15.3. The lowest BCUT2D eigenvalue weighted by Crippen LogP contribution is -2.49. The van der Waals surface area contributed by atoms with Crippen LogP contribution in [0.4, 0.5) is 0 Å². The SMILES string of the molecule is [2H]C1([2H])c2ccccc2[C@]2(C)[N+](C(C)C)=C(C(C)C)O[C@]12C. The Balaban J connectivity index is 2.37. The Kier molecular flexibility index (Phi) is 2.33. The summed E-state index contributed by atoms with van der Waals surface area (Å²) in [5.74, 6) is 1.13. The number of hydrogen-bond donors (Lipinski definition) is 0. The average molecular weight is 274 g/mol. The molecular weight excluding hydrogens is 246 g/mol. The highest BCUT2D eigenvalue weighted by atomic mass is 16.5. The quantitative estimate of drug-likeness (QED) is 0.749. The van der Waals surface area contributed by atoms with E-state index < -0.39 is 17.5 Å². The molecule has 1 aliphatic carbocycles. The second-order valence-electron chi connectivity index (χ2n) is 6.83. The van der Waals surface area contributed by atoms with Gasteiger partial charge in [0.15, 0.2) is 11.6 Å². The first kappa shape index (κ1) is 11.4. The van der Waals surface area contributed by atoms with Gasteiger partial charge in [-0.15, -0.1) is 0 Å². The molecule has 0 fully saturated rings. The van der Waals surface area contributed by atoms with E-state index >= 15 is 0 Å². The van der Waals surface area contributed by atoms with E-state index in [2.05, 4.69) is 45.3 Å². The van der Waals surface area contributed by atoms with E-state index in [0.717, 1.165) is 17.0 Å². The van der Waals surface area contributed by atoms with Crippen LogP contribution in [0.1, 0.15) is 55.4 Å². The highest BCUT2D eigenvalue weighted by Gasteiger charge is 2.68. The standard InChI is InChI=1S/C18H26NO/c1-12(2)16-19(13(3)4)18(6)15-10-8-7-9-14(15)11-17(18,5)20-16/h7-10,12-13H,11H2,1-6H3/q+1/t17-,18+/m1/s1/i11D2. The van der Waals surface area contributed by atoms with Gasteiger partial charge in [0, 0.05) is 21.6 Å². The molecule has 1 aromatic rings. The average Bonchev–Trinajstić information content (AvgIpc) is 2.76. The summed E-state index contributed by atoms with van der Waals surface area (Å²) in [6, 6.07) is 8.11. The lowest BCUT2D eigenvalue weighted by Gasteiger charge is -2.30. The molecule has 0 aromatic heterocycles. The van der Waals surface area contributed by atoms with Crippen LogP contribution in [-0.4, -0.2) is 22.1 Å². The van der Waals surface area contributed by atoms with Crippen LogP contribution >= 0.6 is 0 Å². The molecule has 108 valence electrons. The monoisotopic (exact) mass is 274 g/mol. The van der Waals surface area contributed by atoms with E-state index in [1.165, 1.54) is 0 Å². The molecule has 0 saturated heterocycles. The maximum absolute atomic E-state index is 8.78. The highest BCUT2D eigenvalue weighted by molar-refractivity contribution is 5.76. The van der Waals surface area contributed by atoms with Crippen molar-refractivity contribution in [3.05, 3.63) is 35.4 Å². The van der Waals surface area contributed by atoms with Crippen molar-refractivity contribution < 1.29 is 12.1 Å². The van der Waals surface area contributed by atoms with Crippen LogP contribution in [0.15, 0.2) is 24.3 Å². The molecule has 2 nitrogen and oxygen atoms in total. The highest BCUT2D eigenvalue weighted by Crippen LogP contribution is 2.52. The van der Waals surface area contributed by atoms with Crippen LogP contribution in [0.25, 0.3) is 0 Å². The van der Waals surface area contributed by atoms with Crippen molar-refractivity contribution in [1.82, 2.24) is 0 Å². The van der Waals surface area contributed by atoms with Crippen LogP contribution in [0.2, 0.25) is 0 Å². The summed E-state index contributed by atoms with van der Waals surface area (Å²) < 4.78 is 26.2. The molecule has 2 heteroatoms. The number of nitrogens with zero attached hydrogens (tertiary/aromatic N) is 1. The van der Waals surface area contributed by atoms with E-state index in [1.54, 1.807) is 0 Å². The number of rotatable bonds is 2. The summed E-state index contributed by atoms with van der Waals surface area (Å²) in [5.41, 5.74) is 0.384. The van der Waals surface area contributed by atoms with E-state index in [4.69, 9.17) is 7.48 Å². The zero-order valence-corrected chi connectivity index (χ0v) is 13.3. The Morgan fingerprint density at radius 2 is 1.85 bits per heavy atom. The van der Waals surface area contributed by atoms with Crippen molar-refractivity contribution in [3.8, 4) is 0 Å². The van der Waals surface area contributed by atoms with Gasteiger partial charge in [-0.05, 0) is 40.2 Å². The second kappa shape index (κ2) is 4.09. The molecule has 1 aliphatic heterocycles. The number of fused-ring (bicyclic) bond motifs is 3. The molecule has 1 heterocycles. The minimum atomic E-state index is -1.53. The molecule has 20 heavy (non-hydrogen) atoms. The fourth-order valence-corrected chi connectivity index (χ4v) is 3.78. The molecule has 3 rings (SSSR count). The number of ether oxygens (including phenoxy) is 1. The first-order valence-electron chi connectivity index (χ1n) is 8.54. The number of benzene rings is 1. The summed E-state index contributed by atoms with van der Waals surface area (Å²) in [4.78, 5) is 0. The van der Waals surface area contributed by atoms with Gasteiger partial charge in [0.2, 0.25) is 5.54 Å². The van der Waals surface area contributed by atoms with Crippen molar-refractivity contribution in [2.24, 2.45) is 5.92 Å². The topological polar surface area (TPSA) is 12.2 Å². The van der Waals surface area contributed by atoms with E-state index in [-0.39, 0.29) is 12.0 Å². The summed E-state index contributed by atoms with van der Waals surface area (Å²) in [6.07, 6.45) is -1.53. The van der Waals surface area contributed by atoms with Crippen molar-refractivity contribution in [1.29, 1.82) is 0 Å². The molecule has 0 saturated carbocycles. The third-order valence-corrected chi connectivity index (χ3v) is 4.79. The first-order valence-corrected chi connectivity index (χ1v) is 7.54. The fourth-order valence-electron chi connectivity index (χ4n) is 3.78.